The summed E-state index contributed by atoms with van der Waals surface area (Å²) in [6.07, 6.45) is 1.54. The van der Waals surface area contributed by atoms with Gasteiger partial charge in [-0.05, 0) is 38.3 Å². The second kappa shape index (κ2) is 14.1. The van der Waals surface area contributed by atoms with E-state index in [0.29, 0.717) is 6.54 Å². The second-order valence-electron chi connectivity index (χ2n) is 7.19. The van der Waals surface area contributed by atoms with Crippen molar-refractivity contribution in [2.45, 2.75) is 52.5 Å². The van der Waals surface area contributed by atoms with Crippen molar-refractivity contribution in [1.29, 1.82) is 0 Å². The summed E-state index contributed by atoms with van der Waals surface area (Å²) in [5.74, 6) is 0.858. The van der Waals surface area contributed by atoms with Crippen LogP contribution in [-0.2, 0) is 22.6 Å². The number of hydrogen-bond donors (Lipinski definition) is 2. The van der Waals surface area contributed by atoms with E-state index in [0.717, 1.165) is 51.7 Å². The van der Waals surface area contributed by atoms with E-state index in [1.165, 1.54) is 11.1 Å². The Morgan fingerprint density at radius 2 is 1.86 bits per heavy atom. The lowest BCUT2D eigenvalue weighted by Crippen LogP contribution is -2.44. The maximum Gasteiger partial charge on any atom is 0.191 e. The van der Waals surface area contributed by atoms with Crippen LogP contribution in [0.15, 0.2) is 29.3 Å². The summed E-state index contributed by atoms with van der Waals surface area (Å²) >= 11 is 0. The molecule has 0 bridgehead atoms. The SMILES string of the molecule is CCNC(=NCc1ccccc1CN1CC(C)OC(C)C1)NCCCOC.I. The van der Waals surface area contributed by atoms with Crippen molar-refractivity contribution in [2.75, 3.05) is 39.9 Å². The number of benzene rings is 1. The van der Waals surface area contributed by atoms with E-state index in [1.807, 2.05) is 0 Å². The number of guanidine groups is 1. The molecule has 0 spiro atoms. The molecule has 0 amide bonds. The van der Waals surface area contributed by atoms with Gasteiger partial charge in [0.05, 0.1) is 18.8 Å². The molecule has 0 aromatic heterocycles. The number of hydrogen-bond acceptors (Lipinski definition) is 4. The molecule has 0 radical (unpaired) electrons. The Morgan fingerprint density at radius 1 is 1.18 bits per heavy atom. The largest absolute Gasteiger partial charge is 0.385 e. The third-order valence-electron chi connectivity index (χ3n) is 4.58. The number of nitrogens with one attached hydrogen (secondary N) is 2. The van der Waals surface area contributed by atoms with Gasteiger partial charge in [0.2, 0.25) is 0 Å². The number of aliphatic imine (C=N–C) groups is 1. The Morgan fingerprint density at radius 3 is 2.50 bits per heavy atom. The number of rotatable bonds is 9. The van der Waals surface area contributed by atoms with Gasteiger partial charge in [0.1, 0.15) is 0 Å². The quantitative estimate of drug-likeness (QED) is 0.235. The van der Waals surface area contributed by atoms with E-state index in [1.54, 1.807) is 7.11 Å². The van der Waals surface area contributed by atoms with E-state index in [-0.39, 0.29) is 36.2 Å². The van der Waals surface area contributed by atoms with Gasteiger partial charge in [-0.2, -0.15) is 0 Å². The third-order valence-corrected chi connectivity index (χ3v) is 4.58. The molecule has 2 rings (SSSR count). The van der Waals surface area contributed by atoms with Gasteiger partial charge < -0.3 is 20.1 Å². The van der Waals surface area contributed by atoms with Crippen LogP contribution in [0.25, 0.3) is 0 Å². The van der Waals surface area contributed by atoms with Crippen molar-refractivity contribution in [3.05, 3.63) is 35.4 Å². The second-order valence-corrected chi connectivity index (χ2v) is 7.19. The van der Waals surface area contributed by atoms with Crippen molar-refractivity contribution in [3.8, 4) is 0 Å². The van der Waals surface area contributed by atoms with Crippen LogP contribution in [0.5, 0.6) is 0 Å². The highest BCUT2D eigenvalue weighted by Gasteiger charge is 2.22. The zero-order chi connectivity index (χ0) is 19.5. The number of ether oxygens (including phenoxy) is 2. The van der Waals surface area contributed by atoms with Crippen molar-refractivity contribution < 1.29 is 9.47 Å². The van der Waals surface area contributed by atoms with E-state index >= 15 is 0 Å². The van der Waals surface area contributed by atoms with E-state index < -0.39 is 0 Å². The number of morpholine rings is 1. The van der Waals surface area contributed by atoms with Crippen molar-refractivity contribution >= 4 is 29.9 Å². The number of methoxy groups -OCH3 is 1. The fourth-order valence-electron chi connectivity index (χ4n) is 3.45. The summed E-state index contributed by atoms with van der Waals surface area (Å²) in [5.41, 5.74) is 2.62. The molecule has 6 nitrogen and oxygen atoms in total. The lowest BCUT2D eigenvalue weighted by molar-refractivity contribution is -0.0705. The summed E-state index contributed by atoms with van der Waals surface area (Å²) in [6, 6.07) is 8.61. The normalized spacial score (nSPS) is 20.5. The molecule has 1 aromatic carbocycles. The monoisotopic (exact) mass is 504 g/mol. The van der Waals surface area contributed by atoms with E-state index in [9.17, 15) is 0 Å². The molecule has 1 aliphatic heterocycles. The molecule has 0 aliphatic carbocycles. The average Bonchev–Trinajstić information content (AvgIpc) is 2.63. The van der Waals surface area contributed by atoms with Crippen molar-refractivity contribution in [1.82, 2.24) is 15.5 Å². The lowest BCUT2D eigenvalue weighted by atomic mass is 10.1. The Kier molecular flexibility index (Phi) is 12.7. The molecular weight excluding hydrogens is 467 g/mol. The first-order chi connectivity index (χ1) is 13.1. The average molecular weight is 504 g/mol. The molecule has 2 atom stereocenters. The molecule has 1 aromatic rings. The molecule has 7 heteroatoms. The molecule has 1 fully saturated rings. The lowest BCUT2D eigenvalue weighted by Gasteiger charge is -2.35. The van der Waals surface area contributed by atoms with Crippen LogP contribution in [0.2, 0.25) is 0 Å². The van der Waals surface area contributed by atoms with Gasteiger partial charge in [0.25, 0.3) is 0 Å². The van der Waals surface area contributed by atoms with Crippen LogP contribution in [0, 0.1) is 0 Å². The van der Waals surface area contributed by atoms with Crippen LogP contribution >= 0.6 is 24.0 Å². The summed E-state index contributed by atoms with van der Waals surface area (Å²) in [4.78, 5) is 7.26. The zero-order valence-corrected chi connectivity index (χ0v) is 20.1. The number of nitrogens with zero attached hydrogens (tertiary/aromatic N) is 2. The molecule has 1 aliphatic rings. The minimum atomic E-state index is 0. The predicted molar refractivity (Wildman–Crippen MR) is 126 cm³/mol. The molecule has 2 unspecified atom stereocenters. The van der Waals surface area contributed by atoms with Crippen LogP contribution in [0.3, 0.4) is 0 Å². The van der Waals surface area contributed by atoms with Gasteiger partial charge in [-0.15, -0.1) is 24.0 Å². The fraction of sp³-hybridized carbons (Fsp3) is 0.667. The molecule has 28 heavy (non-hydrogen) atoms. The smallest absolute Gasteiger partial charge is 0.191 e. The maximum atomic E-state index is 5.86. The molecule has 2 N–H and O–H groups in total. The first-order valence-electron chi connectivity index (χ1n) is 10.1. The van der Waals surface area contributed by atoms with Gasteiger partial charge in [-0.3, -0.25) is 4.90 Å². The molecule has 1 heterocycles. The highest BCUT2D eigenvalue weighted by atomic mass is 127. The van der Waals surface area contributed by atoms with Crippen LogP contribution in [0.4, 0.5) is 0 Å². The molecule has 1 saturated heterocycles. The highest BCUT2D eigenvalue weighted by Crippen LogP contribution is 2.17. The first-order valence-corrected chi connectivity index (χ1v) is 10.1. The summed E-state index contributed by atoms with van der Waals surface area (Å²) in [5, 5.41) is 6.68. The van der Waals surface area contributed by atoms with Gasteiger partial charge >= 0.3 is 0 Å². The third kappa shape index (κ3) is 9.07. The zero-order valence-electron chi connectivity index (χ0n) is 17.7. The summed E-state index contributed by atoms with van der Waals surface area (Å²) in [6.45, 7) is 12.4. The fourth-order valence-corrected chi connectivity index (χ4v) is 3.45. The highest BCUT2D eigenvalue weighted by molar-refractivity contribution is 14.0. The van der Waals surface area contributed by atoms with Gasteiger partial charge in [0, 0.05) is 46.4 Å². The minimum Gasteiger partial charge on any atom is -0.385 e. The Hall–Kier alpha value is -0.900. The van der Waals surface area contributed by atoms with E-state index in [2.05, 4.69) is 60.6 Å². The predicted octanol–water partition coefficient (Wildman–Crippen LogP) is 3.01. The molecule has 0 saturated carbocycles. The van der Waals surface area contributed by atoms with Gasteiger partial charge in [-0.25, -0.2) is 4.99 Å². The van der Waals surface area contributed by atoms with Crippen LogP contribution in [-0.4, -0.2) is 63.0 Å². The summed E-state index contributed by atoms with van der Waals surface area (Å²) < 4.78 is 11.0. The topological polar surface area (TPSA) is 58.1 Å². The number of halogens is 1. The van der Waals surface area contributed by atoms with Gasteiger partial charge in [0.15, 0.2) is 5.96 Å². The Labute approximate surface area is 187 Å². The maximum absolute atomic E-state index is 5.86. The molecular formula is C21H37IN4O2. The standard InChI is InChI=1S/C21H36N4O2.HI/c1-5-22-21(23-11-8-12-26-4)24-13-19-9-6-7-10-20(19)16-25-14-17(2)27-18(3)15-25;/h6-7,9-10,17-18H,5,8,11-16H2,1-4H3,(H2,22,23,24);1H. The van der Waals surface area contributed by atoms with Gasteiger partial charge in [-0.1, -0.05) is 24.3 Å². The van der Waals surface area contributed by atoms with Crippen molar-refractivity contribution in [2.24, 2.45) is 4.99 Å². The van der Waals surface area contributed by atoms with Crippen LogP contribution < -0.4 is 10.6 Å². The minimum absolute atomic E-state index is 0. The van der Waals surface area contributed by atoms with Crippen LogP contribution in [0.1, 0.15) is 38.3 Å². The first kappa shape index (κ1) is 25.1. The summed E-state index contributed by atoms with van der Waals surface area (Å²) in [7, 11) is 1.73. The Balaban J connectivity index is 0.00000392. The van der Waals surface area contributed by atoms with E-state index in [4.69, 9.17) is 14.5 Å². The Bertz CT molecular complexity index is 575. The van der Waals surface area contributed by atoms with Crippen molar-refractivity contribution in [3.63, 3.8) is 0 Å². The molecule has 160 valence electrons.